The molecule has 1 aliphatic carbocycles. The molecule has 1 aliphatic rings. The number of anilines is 1. The molecule has 1 fully saturated rings. The summed E-state index contributed by atoms with van der Waals surface area (Å²) >= 11 is 0. The number of hydrogen-bond acceptors (Lipinski definition) is 5. The predicted octanol–water partition coefficient (Wildman–Crippen LogP) is 5.37. The first-order valence-corrected chi connectivity index (χ1v) is 10.2. The monoisotopic (exact) mass is 378 g/mol. The Labute approximate surface area is 164 Å². The van der Waals surface area contributed by atoms with Gasteiger partial charge in [-0.05, 0) is 31.4 Å². The van der Waals surface area contributed by atoms with E-state index in [1.807, 2.05) is 30.3 Å². The van der Waals surface area contributed by atoms with E-state index in [2.05, 4.69) is 22.5 Å². The number of para-hydroxylation sites is 1. The van der Waals surface area contributed by atoms with Gasteiger partial charge in [-0.15, -0.1) is 0 Å². The first-order valence-electron chi connectivity index (χ1n) is 10.2. The van der Waals surface area contributed by atoms with Gasteiger partial charge in [0.05, 0.1) is 27.8 Å². The molecule has 0 aliphatic heterocycles. The number of nitro benzene ring substituents is 1. The van der Waals surface area contributed by atoms with Crippen LogP contribution in [0.25, 0.3) is 21.8 Å². The van der Waals surface area contributed by atoms with Gasteiger partial charge in [-0.1, -0.05) is 50.5 Å². The Morgan fingerprint density at radius 2 is 1.86 bits per heavy atom. The number of nitrogens with zero attached hydrogens (tertiary/aromatic N) is 2. The first-order chi connectivity index (χ1) is 13.7. The highest BCUT2D eigenvalue weighted by Gasteiger charge is 2.22. The Morgan fingerprint density at radius 1 is 1.11 bits per heavy atom. The van der Waals surface area contributed by atoms with Gasteiger partial charge in [-0.25, -0.2) is 4.98 Å². The van der Waals surface area contributed by atoms with Crippen LogP contribution in [0.2, 0.25) is 0 Å². The van der Waals surface area contributed by atoms with Crippen molar-refractivity contribution in [2.24, 2.45) is 0 Å². The van der Waals surface area contributed by atoms with E-state index in [0.717, 1.165) is 23.0 Å². The number of benzene rings is 2. The summed E-state index contributed by atoms with van der Waals surface area (Å²) in [6.45, 7) is 2.13. The standard InChI is InChI=1S/C22H26N4O2/c1-2-20(23-15-9-4-3-5-10-15)25-22-16-11-6-7-12-17(16)24-18-13-8-14-19(21(18)22)26(27)28/h6-8,11-15,20,23H,2-5,9-10H2,1H3,(H,24,25). The maximum absolute atomic E-state index is 11.7. The molecule has 4 rings (SSSR count). The number of nitrogens with one attached hydrogen (secondary N) is 2. The van der Waals surface area contributed by atoms with E-state index in [9.17, 15) is 10.1 Å². The van der Waals surface area contributed by atoms with E-state index in [-0.39, 0.29) is 16.8 Å². The van der Waals surface area contributed by atoms with Gasteiger partial charge in [0.2, 0.25) is 0 Å². The summed E-state index contributed by atoms with van der Waals surface area (Å²) in [6.07, 6.45) is 7.16. The van der Waals surface area contributed by atoms with Gasteiger partial charge in [0.25, 0.3) is 5.69 Å². The minimum atomic E-state index is -0.320. The van der Waals surface area contributed by atoms with Gasteiger partial charge in [-0.2, -0.15) is 0 Å². The van der Waals surface area contributed by atoms with Crippen LogP contribution in [0.5, 0.6) is 0 Å². The zero-order chi connectivity index (χ0) is 19.5. The summed E-state index contributed by atoms with van der Waals surface area (Å²) in [6, 6.07) is 13.4. The SMILES string of the molecule is CCC(Nc1c2ccccc2nc2cccc([N+](=O)[O-])c12)NC1CCCCC1. The zero-order valence-corrected chi connectivity index (χ0v) is 16.1. The van der Waals surface area contributed by atoms with Crippen LogP contribution >= 0.6 is 0 Å². The van der Waals surface area contributed by atoms with Gasteiger partial charge in [-0.3, -0.25) is 15.4 Å². The molecule has 0 spiro atoms. The molecule has 1 saturated carbocycles. The number of non-ortho nitro benzene ring substituents is 1. The third-order valence-corrected chi connectivity index (χ3v) is 5.65. The van der Waals surface area contributed by atoms with E-state index >= 15 is 0 Å². The number of hydrogen-bond donors (Lipinski definition) is 2. The quantitative estimate of drug-likeness (QED) is 0.261. The highest BCUT2D eigenvalue weighted by atomic mass is 16.6. The summed E-state index contributed by atoms with van der Waals surface area (Å²) < 4.78 is 0. The summed E-state index contributed by atoms with van der Waals surface area (Å²) in [7, 11) is 0. The maximum atomic E-state index is 11.7. The third kappa shape index (κ3) is 3.64. The highest BCUT2D eigenvalue weighted by molar-refractivity contribution is 6.11. The molecule has 2 aromatic carbocycles. The molecule has 6 heteroatoms. The molecule has 1 atom stereocenters. The second-order valence-corrected chi connectivity index (χ2v) is 7.54. The Balaban J connectivity index is 1.81. The van der Waals surface area contributed by atoms with Crippen LogP contribution in [0.15, 0.2) is 42.5 Å². The second-order valence-electron chi connectivity index (χ2n) is 7.54. The van der Waals surface area contributed by atoms with Crippen LogP contribution in [-0.2, 0) is 0 Å². The normalized spacial score (nSPS) is 16.3. The fourth-order valence-corrected chi connectivity index (χ4v) is 4.22. The van der Waals surface area contributed by atoms with E-state index in [0.29, 0.717) is 16.9 Å². The summed E-state index contributed by atoms with van der Waals surface area (Å²) in [5, 5.41) is 20.5. The Kier molecular flexibility index (Phi) is 5.39. The van der Waals surface area contributed by atoms with E-state index in [1.165, 1.54) is 32.1 Å². The molecule has 146 valence electrons. The Morgan fingerprint density at radius 3 is 2.61 bits per heavy atom. The van der Waals surface area contributed by atoms with Crippen molar-refractivity contribution in [1.82, 2.24) is 10.3 Å². The molecule has 28 heavy (non-hydrogen) atoms. The van der Waals surface area contributed by atoms with Crippen molar-refractivity contribution < 1.29 is 4.92 Å². The smallest absolute Gasteiger partial charge is 0.280 e. The number of rotatable bonds is 6. The van der Waals surface area contributed by atoms with Crippen molar-refractivity contribution in [3.05, 3.63) is 52.6 Å². The lowest BCUT2D eigenvalue weighted by atomic mass is 9.95. The van der Waals surface area contributed by atoms with Crippen LogP contribution in [0, 0.1) is 10.1 Å². The lowest BCUT2D eigenvalue weighted by molar-refractivity contribution is -0.383. The van der Waals surface area contributed by atoms with Gasteiger partial charge in [0.15, 0.2) is 0 Å². The average Bonchev–Trinajstić information content (AvgIpc) is 2.73. The lowest BCUT2D eigenvalue weighted by Crippen LogP contribution is -2.43. The molecule has 6 nitrogen and oxygen atoms in total. The maximum Gasteiger partial charge on any atom is 0.280 e. The lowest BCUT2D eigenvalue weighted by Gasteiger charge is -2.29. The molecular weight excluding hydrogens is 352 g/mol. The molecule has 1 heterocycles. The summed E-state index contributed by atoms with van der Waals surface area (Å²) in [5.41, 5.74) is 2.36. The van der Waals surface area contributed by atoms with Crippen LogP contribution < -0.4 is 10.6 Å². The van der Waals surface area contributed by atoms with Gasteiger partial charge >= 0.3 is 0 Å². The van der Waals surface area contributed by atoms with E-state index in [1.54, 1.807) is 12.1 Å². The highest BCUT2D eigenvalue weighted by Crippen LogP contribution is 2.37. The topological polar surface area (TPSA) is 80.1 Å². The fraction of sp³-hybridized carbons (Fsp3) is 0.409. The van der Waals surface area contributed by atoms with Crippen molar-refractivity contribution in [3.8, 4) is 0 Å². The molecule has 2 N–H and O–H groups in total. The van der Waals surface area contributed by atoms with Gasteiger partial charge in [0, 0.05) is 17.5 Å². The largest absolute Gasteiger partial charge is 0.369 e. The van der Waals surface area contributed by atoms with Crippen LogP contribution in [0.4, 0.5) is 11.4 Å². The van der Waals surface area contributed by atoms with Crippen molar-refractivity contribution in [3.63, 3.8) is 0 Å². The van der Waals surface area contributed by atoms with E-state index in [4.69, 9.17) is 0 Å². The van der Waals surface area contributed by atoms with Crippen molar-refractivity contribution in [2.45, 2.75) is 57.7 Å². The fourth-order valence-electron chi connectivity index (χ4n) is 4.22. The number of nitro groups is 1. The predicted molar refractivity (Wildman–Crippen MR) is 114 cm³/mol. The molecule has 0 amide bonds. The van der Waals surface area contributed by atoms with Gasteiger partial charge in [0.1, 0.15) is 5.39 Å². The van der Waals surface area contributed by atoms with Crippen molar-refractivity contribution in [2.75, 3.05) is 5.32 Å². The molecule has 1 unspecified atom stereocenters. The zero-order valence-electron chi connectivity index (χ0n) is 16.1. The Hall–Kier alpha value is -2.73. The second kappa shape index (κ2) is 8.10. The van der Waals surface area contributed by atoms with E-state index < -0.39 is 0 Å². The van der Waals surface area contributed by atoms with Crippen LogP contribution in [0.1, 0.15) is 45.4 Å². The molecule has 1 aromatic heterocycles. The number of pyridine rings is 1. The molecule has 3 aromatic rings. The molecular formula is C22H26N4O2. The molecule has 0 bridgehead atoms. The summed E-state index contributed by atoms with van der Waals surface area (Å²) in [5.74, 6) is 0. The molecule has 0 saturated heterocycles. The first kappa shape index (κ1) is 18.6. The van der Waals surface area contributed by atoms with Crippen molar-refractivity contribution in [1.29, 1.82) is 0 Å². The average molecular weight is 378 g/mol. The summed E-state index contributed by atoms with van der Waals surface area (Å²) in [4.78, 5) is 16.1. The molecule has 0 radical (unpaired) electrons. The van der Waals surface area contributed by atoms with Crippen molar-refractivity contribution >= 4 is 33.2 Å². The Bertz CT molecular complexity index is 998. The number of aromatic nitrogens is 1. The van der Waals surface area contributed by atoms with Crippen LogP contribution in [-0.4, -0.2) is 22.1 Å². The number of fused-ring (bicyclic) bond motifs is 2. The van der Waals surface area contributed by atoms with Crippen LogP contribution in [0.3, 0.4) is 0 Å². The minimum Gasteiger partial charge on any atom is -0.369 e. The third-order valence-electron chi connectivity index (χ3n) is 5.65. The van der Waals surface area contributed by atoms with Gasteiger partial charge < -0.3 is 5.32 Å². The minimum absolute atomic E-state index is 0.0527.